The molecule has 0 saturated carbocycles. The predicted octanol–water partition coefficient (Wildman–Crippen LogP) is 13.2. The summed E-state index contributed by atoms with van der Waals surface area (Å²) in [6.45, 7) is 11.4. The summed E-state index contributed by atoms with van der Waals surface area (Å²) in [4.78, 5) is 33.6. The Morgan fingerprint density at radius 2 is 0.966 bits per heavy atom. The molecule has 1 N–H and O–H groups in total. The van der Waals surface area contributed by atoms with Crippen LogP contribution in [0.15, 0.2) is 4.99 Å². The maximum absolute atomic E-state index is 12.8. The molecular weight excluding hydrogens is 721 g/mol. The summed E-state index contributed by atoms with van der Waals surface area (Å²) in [5.74, 6) is 0.726. The monoisotopic (exact) mass is 817 g/mol. The van der Waals surface area contributed by atoms with Crippen molar-refractivity contribution in [3.8, 4) is 12.5 Å². The first kappa shape index (κ1) is 55.7. The molecule has 0 spiro atoms. The largest absolute Gasteiger partial charge is 0.466 e. The van der Waals surface area contributed by atoms with Crippen molar-refractivity contribution < 1.29 is 19.1 Å². The molecular formula is C50H96N4O4. The molecule has 0 aliphatic heterocycles. The fourth-order valence-corrected chi connectivity index (χ4v) is 7.60. The lowest BCUT2D eigenvalue weighted by Crippen LogP contribution is -2.38. The van der Waals surface area contributed by atoms with Gasteiger partial charge in [0.25, 0.3) is 0 Å². The zero-order valence-corrected chi connectivity index (χ0v) is 39.2. The summed E-state index contributed by atoms with van der Waals surface area (Å²) in [6, 6.07) is 2.39. The second kappa shape index (κ2) is 44.3. The SMILES string of the molecule is C#C/N=C(/NCCCN(CCCCCCCOC(=O)CCCCCCCCC)CCCCCCCC(=O)OC(CCCCCCCC)CCCCCCCC)N(C)C. The second-order valence-electron chi connectivity index (χ2n) is 17.2. The van der Waals surface area contributed by atoms with Gasteiger partial charge in [-0.15, -0.1) is 0 Å². The van der Waals surface area contributed by atoms with Gasteiger partial charge in [0.1, 0.15) is 6.10 Å². The zero-order chi connectivity index (χ0) is 42.6. The summed E-state index contributed by atoms with van der Waals surface area (Å²) >= 11 is 0. The maximum atomic E-state index is 12.8. The first-order valence-corrected chi connectivity index (χ1v) is 24.9. The van der Waals surface area contributed by atoms with E-state index in [-0.39, 0.29) is 18.0 Å². The molecule has 0 aromatic heterocycles. The van der Waals surface area contributed by atoms with Gasteiger partial charge in [-0.25, -0.2) is 0 Å². The first-order chi connectivity index (χ1) is 28.4. The van der Waals surface area contributed by atoms with E-state index in [0.29, 0.717) is 19.4 Å². The Morgan fingerprint density at radius 3 is 1.45 bits per heavy atom. The molecule has 0 bridgehead atoms. The van der Waals surface area contributed by atoms with Crippen LogP contribution in [0.2, 0.25) is 0 Å². The molecule has 0 unspecified atom stereocenters. The number of carbonyl (C=O) groups is 2. The van der Waals surface area contributed by atoms with Gasteiger partial charge in [-0.05, 0) is 83.8 Å². The van der Waals surface area contributed by atoms with Crippen molar-refractivity contribution in [3.63, 3.8) is 0 Å². The minimum Gasteiger partial charge on any atom is -0.466 e. The van der Waals surface area contributed by atoms with Gasteiger partial charge in [-0.1, -0.05) is 168 Å². The molecule has 0 aromatic carbocycles. The Balaban J connectivity index is 4.48. The minimum absolute atomic E-state index is 0.0197. The van der Waals surface area contributed by atoms with E-state index in [9.17, 15) is 9.59 Å². The molecule has 0 heterocycles. The highest BCUT2D eigenvalue weighted by Crippen LogP contribution is 2.19. The summed E-state index contributed by atoms with van der Waals surface area (Å²) in [5, 5.41) is 3.39. The Kier molecular flexibility index (Phi) is 42.6. The quantitative estimate of drug-likeness (QED) is 0.0216. The topological polar surface area (TPSA) is 83.5 Å². The molecule has 340 valence electrons. The Labute approximate surface area is 360 Å². The third-order valence-corrected chi connectivity index (χ3v) is 11.3. The van der Waals surface area contributed by atoms with Crippen LogP contribution in [0.4, 0.5) is 0 Å². The second-order valence-corrected chi connectivity index (χ2v) is 17.2. The lowest BCUT2D eigenvalue weighted by molar-refractivity contribution is -0.150. The number of hydrogen-bond acceptors (Lipinski definition) is 6. The lowest BCUT2D eigenvalue weighted by atomic mass is 10.0. The van der Waals surface area contributed by atoms with Crippen molar-refractivity contribution in [2.75, 3.05) is 46.9 Å². The van der Waals surface area contributed by atoms with Crippen molar-refractivity contribution in [1.29, 1.82) is 0 Å². The number of terminal acetylenes is 1. The smallest absolute Gasteiger partial charge is 0.306 e. The average Bonchev–Trinajstić information content (AvgIpc) is 3.21. The van der Waals surface area contributed by atoms with Crippen LogP contribution in [0, 0.1) is 12.5 Å². The predicted molar refractivity (Wildman–Crippen MR) is 249 cm³/mol. The molecule has 0 rings (SSSR count). The van der Waals surface area contributed by atoms with Crippen LogP contribution >= 0.6 is 0 Å². The molecule has 0 aliphatic rings. The van der Waals surface area contributed by atoms with Gasteiger partial charge in [0, 0.05) is 39.5 Å². The van der Waals surface area contributed by atoms with Crippen LogP contribution in [0.25, 0.3) is 0 Å². The number of nitrogens with zero attached hydrogens (tertiary/aromatic N) is 3. The van der Waals surface area contributed by atoms with E-state index < -0.39 is 0 Å². The zero-order valence-electron chi connectivity index (χ0n) is 39.2. The Bertz CT molecular complexity index is 965. The molecule has 8 nitrogen and oxygen atoms in total. The first-order valence-electron chi connectivity index (χ1n) is 24.9. The number of guanidine groups is 1. The van der Waals surface area contributed by atoms with Crippen LogP contribution in [0.1, 0.15) is 239 Å². The van der Waals surface area contributed by atoms with Gasteiger partial charge in [0.2, 0.25) is 5.96 Å². The highest BCUT2D eigenvalue weighted by Gasteiger charge is 2.14. The highest BCUT2D eigenvalue weighted by molar-refractivity contribution is 5.80. The van der Waals surface area contributed by atoms with Crippen molar-refractivity contribution >= 4 is 17.9 Å². The molecule has 0 aliphatic carbocycles. The van der Waals surface area contributed by atoms with Crippen molar-refractivity contribution in [3.05, 3.63) is 0 Å². The van der Waals surface area contributed by atoms with Gasteiger partial charge in [0.15, 0.2) is 0 Å². The summed E-state index contributed by atoms with van der Waals surface area (Å²) in [7, 11) is 3.90. The van der Waals surface area contributed by atoms with E-state index in [2.05, 4.69) is 42.0 Å². The van der Waals surface area contributed by atoms with Crippen LogP contribution in [0.5, 0.6) is 0 Å². The summed E-state index contributed by atoms with van der Waals surface area (Å²) < 4.78 is 11.6. The highest BCUT2D eigenvalue weighted by atomic mass is 16.5. The number of hydrogen-bond donors (Lipinski definition) is 1. The molecule has 0 atom stereocenters. The average molecular weight is 817 g/mol. The number of esters is 2. The van der Waals surface area contributed by atoms with Gasteiger partial charge in [-0.2, -0.15) is 4.99 Å². The lowest BCUT2D eigenvalue weighted by Gasteiger charge is -2.23. The molecule has 0 amide bonds. The third kappa shape index (κ3) is 39.2. The van der Waals surface area contributed by atoms with Crippen LogP contribution < -0.4 is 5.32 Å². The molecule has 0 fully saturated rings. The molecule has 58 heavy (non-hydrogen) atoms. The number of carbonyl (C=O) groups excluding carboxylic acids is 2. The van der Waals surface area contributed by atoms with Crippen molar-refractivity contribution in [2.45, 2.75) is 245 Å². The summed E-state index contributed by atoms with van der Waals surface area (Å²) in [6.07, 6.45) is 44.9. The van der Waals surface area contributed by atoms with E-state index in [4.69, 9.17) is 15.9 Å². The van der Waals surface area contributed by atoms with Gasteiger partial charge < -0.3 is 24.6 Å². The number of nitrogens with one attached hydrogen (secondary N) is 1. The Morgan fingerprint density at radius 1 is 0.552 bits per heavy atom. The summed E-state index contributed by atoms with van der Waals surface area (Å²) in [5.41, 5.74) is 0. The van der Waals surface area contributed by atoms with E-state index in [1.54, 1.807) is 0 Å². The standard InChI is InChI=1S/C50H96N4O4/c1-7-11-14-17-20-25-32-40-48(55)57-46-36-29-22-28-35-44-54(45-37-42-52-50(51-10-4)53(5)6)43-34-27-21-26-33-41-49(56)58-47(38-30-23-18-15-12-8-2)39-31-24-19-16-13-9-3/h4,47H,7-9,11-46H2,1-3,5-6H3,(H,51,52). The Hall–Kier alpha value is -2.27. The molecule has 0 radical (unpaired) electrons. The van der Waals surface area contributed by atoms with E-state index in [1.165, 1.54) is 148 Å². The minimum atomic E-state index is -0.0224. The van der Waals surface area contributed by atoms with Gasteiger partial charge >= 0.3 is 11.9 Å². The number of ether oxygens (including phenoxy) is 2. The fourth-order valence-electron chi connectivity index (χ4n) is 7.60. The number of rotatable bonds is 43. The molecule has 0 saturated heterocycles. The van der Waals surface area contributed by atoms with E-state index in [1.807, 2.05) is 19.0 Å². The normalized spacial score (nSPS) is 11.7. The van der Waals surface area contributed by atoms with Crippen LogP contribution in [-0.4, -0.2) is 80.7 Å². The number of aliphatic imine (C=N–C) groups is 1. The van der Waals surface area contributed by atoms with Gasteiger partial charge in [-0.3, -0.25) is 9.59 Å². The fraction of sp³-hybridized carbons (Fsp3) is 0.900. The van der Waals surface area contributed by atoms with Crippen molar-refractivity contribution in [1.82, 2.24) is 15.1 Å². The van der Waals surface area contributed by atoms with Crippen LogP contribution in [0.3, 0.4) is 0 Å². The molecule has 8 heteroatoms. The van der Waals surface area contributed by atoms with E-state index in [0.717, 1.165) is 89.9 Å². The number of unbranched alkanes of at least 4 members (excludes halogenated alkanes) is 24. The van der Waals surface area contributed by atoms with Crippen LogP contribution in [-0.2, 0) is 19.1 Å². The van der Waals surface area contributed by atoms with E-state index >= 15 is 0 Å². The van der Waals surface area contributed by atoms with Gasteiger partial charge in [0.05, 0.1) is 6.61 Å². The third-order valence-electron chi connectivity index (χ3n) is 11.3. The van der Waals surface area contributed by atoms with Crippen molar-refractivity contribution in [2.24, 2.45) is 4.99 Å². The molecule has 0 aromatic rings. The maximum Gasteiger partial charge on any atom is 0.306 e.